The molecule has 0 aliphatic heterocycles. The number of nitrogens with zero attached hydrogens (tertiary/aromatic N) is 3. The van der Waals surface area contributed by atoms with Crippen LogP contribution in [0.3, 0.4) is 0 Å². The number of nitrogens with two attached hydrogens (primary N) is 1. The van der Waals surface area contributed by atoms with E-state index in [1.807, 2.05) is 6.07 Å². The number of aromatic nitrogens is 1. The second-order valence-corrected chi connectivity index (χ2v) is 5.16. The molecule has 1 aliphatic rings. The first-order valence-electron chi connectivity index (χ1n) is 7.55. The van der Waals surface area contributed by atoms with Gasteiger partial charge in [-0.1, -0.05) is 19.0 Å². The Hall–Kier alpha value is -1.82. The molecule has 2 rings (SSSR count). The molecule has 0 atom stereocenters. The van der Waals surface area contributed by atoms with E-state index >= 15 is 0 Å². The lowest BCUT2D eigenvalue weighted by atomic mass is 10.1. The lowest BCUT2D eigenvalue weighted by Crippen LogP contribution is -2.28. The van der Waals surface area contributed by atoms with Crippen LogP contribution in [0.4, 0.5) is 0 Å². The zero-order chi connectivity index (χ0) is 15.2. The molecule has 0 fully saturated rings. The van der Waals surface area contributed by atoms with Crippen LogP contribution in [0.2, 0.25) is 0 Å². The summed E-state index contributed by atoms with van der Waals surface area (Å²) in [7, 11) is 0. The van der Waals surface area contributed by atoms with Crippen LogP contribution < -0.4 is 10.5 Å². The highest BCUT2D eigenvalue weighted by molar-refractivity contribution is 5.99. The zero-order valence-corrected chi connectivity index (χ0v) is 12.8. The monoisotopic (exact) mass is 292 g/mol. The third-order valence-corrected chi connectivity index (χ3v) is 3.94. The summed E-state index contributed by atoms with van der Waals surface area (Å²) in [5, 5.41) is 12.0. The van der Waals surface area contributed by atoms with Crippen molar-refractivity contribution in [2.24, 2.45) is 10.9 Å². The van der Waals surface area contributed by atoms with Crippen molar-refractivity contribution in [2.75, 3.05) is 26.2 Å². The first-order chi connectivity index (χ1) is 10.2. The number of ether oxygens (including phenoxy) is 1. The predicted molar refractivity (Wildman–Crippen MR) is 82.1 cm³/mol. The Labute approximate surface area is 125 Å². The fourth-order valence-electron chi connectivity index (χ4n) is 2.61. The molecule has 0 spiro atoms. The number of rotatable bonds is 7. The van der Waals surface area contributed by atoms with Crippen LogP contribution in [0.15, 0.2) is 11.2 Å². The van der Waals surface area contributed by atoms with E-state index in [1.165, 1.54) is 5.56 Å². The molecule has 0 saturated heterocycles. The molecule has 1 aromatic heterocycles. The molecule has 1 aliphatic carbocycles. The SMILES string of the molecule is CCN(CC)CCOc1nc2c(cc1C(N)=NO)CCC2. The number of hydrogen-bond acceptors (Lipinski definition) is 5. The van der Waals surface area contributed by atoms with Crippen LogP contribution in [0, 0.1) is 0 Å². The van der Waals surface area contributed by atoms with Gasteiger partial charge in [0, 0.05) is 12.2 Å². The van der Waals surface area contributed by atoms with Gasteiger partial charge in [0.05, 0.1) is 5.56 Å². The van der Waals surface area contributed by atoms with E-state index in [4.69, 9.17) is 15.7 Å². The Kier molecular flexibility index (Phi) is 5.38. The molecule has 116 valence electrons. The molecule has 0 saturated carbocycles. The Morgan fingerprint density at radius 3 is 2.86 bits per heavy atom. The van der Waals surface area contributed by atoms with Gasteiger partial charge < -0.3 is 20.6 Å². The molecular formula is C15H24N4O2. The minimum Gasteiger partial charge on any atom is -0.476 e. The third-order valence-electron chi connectivity index (χ3n) is 3.94. The zero-order valence-electron chi connectivity index (χ0n) is 12.8. The van der Waals surface area contributed by atoms with Crippen LogP contribution in [0.25, 0.3) is 0 Å². The Morgan fingerprint density at radius 1 is 1.43 bits per heavy atom. The summed E-state index contributed by atoms with van der Waals surface area (Å²) in [5.41, 5.74) is 8.57. The van der Waals surface area contributed by atoms with Gasteiger partial charge in [-0.25, -0.2) is 4.98 Å². The van der Waals surface area contributed by atoms with Gasteiger partial charge in [-0.3, -0.25) is 0 Å². The normalized spacial score (nSPS) is 14.5. The highest BCUT2D eigenvalue weighted by Gasteiger charge is 2.19. The van der Waals surface area contributed by atoms with E-state index in [9.17, 15) is 0 Å². The van der Waals surface area contributed by atoms with Gasteiger partial charge in [-0.2, -0.15) is 0 Å². The smallest absolute Gasteiger partial charge is 0.224 e. The first kappa shape index (κ1) is 15.6. The first-order valence-corrected chi connectivity index (χ1v) is 7.55. The van der Waals surface area contributed by atoms with Gasteiger partial charge in [-0.05, 0) is 44.0 Å². The summed E-state index contributed by atoms with van der Waals surface area (Å²) in [6, 6.07) is 1.94. The molecule has 6 nitrogen and oxygen atoms in total. The van der Waals surface area contributed by atoms with Crippen molar-refractivity contribution in [3.8, 4) is 5.88 Å². The number of aryl methyl sites for hydroxylation is 2. The van der Waals surface area contributed by atoms with Crippen LogP contribution in [-0.2, 0) is 12.8 Å². The van der Waals surface area contributed by atoms with Gasteiger partial charge in [0.25, 0.3) is 0 Å². The molecular weight excluding hydrogens is 268 g/mol. The van der Waals surface area contributed by atoms with Crippen LogP contribution in [0.1, 0.15) is 37.1 Å². The van der Waals surface area contributed by atoms with Gasteiger partial charge in [0.2, 0.25) is 5.88 Å². The van der Waals surface area contributed by atoms with E-state index in [0.717, 1.165) is 44.6 Å². The van der Waals surface area contributed by atoms with E-state index in [-0.39, 0.29) is 5.84 Å². The van der Waals surface area contributed by atoms with E-state index in [0.29, 0.717) is 18.1 Å². The molecule has 0 unspecified atom stereocenters. The Balaban J connectivity index is 2.13. The van der Waals surface area contributed by atoms with Gasteiger partial charge in [0.1, 0.15) is 6.61 Å². The number of pyridine rings is 1. The molecule has 0 aromatic carbocycles. The molecule has 6 heteroatoms. The maximum atomic E-state index is 8.92. The van der Waals surface area contributed by atoms with Crippen LogP contribution >= 0.6 is 0 Å². The van der Waals surface area contributed by atoms with Crippen molar-refractivity contribution < 1.29 is 9.94 Å². The molecule has 0 amide bonds. The van der Waals surface area contributed by atoms with Crippen molar-refractivity contribution >= 4 is 5.84 Å². The number of hydrogen-bond donors (Lipinski definition) is 2. The van der Waals surface area contributed by atoms with Crippen molar-refractivity contribution in [1.29, 1.82) is 0 Å². The standard InChI is InChI=1S/C15H24N4O2/c1-3-19(4-2)8-9-21-15-12(14(16)18-20)10-11-6-5-7-13(11)17-15/h10,20H,3-9H2,1-2H3,(H2,16,18). The molecule has 0 bridgehead atoms. The van der Waals surface area contributed by atoms with Gasteiger partial charge in [0.15, 0.2) is 5.84 Å². The van der Waals surface area contributed by atoms with Crippen LogP contribution in [-0.4, -0.2) is 47.2 Å². The van der Waals surface area contributed by atoms with Crippen molar-refractivity contribution in [3.05, 3.63) is 22.9 Å². The largest absolute Gasteiger partial charge is 0.476 e. The minimum atomic E-state index is 0.0510. The second kappa shape index (κ2) is 7.26. The molecule has 1 aromatic rings. The van der Waals surface area contributed by atoms with Gasteiger partial charge in [-0.15, -0.1) is 0 Å². The average molecular weight is 292 g/mol. The predicted octanol–water partition coefficient (Wildman–Crippen LogP) is 1.39. The molecule has 3 N–H and O–H groups in total. The lowest BCUT2D eigenvalue weighted by molar-refractivity contribution is 0.217. The minimum absolute atomic E-state index is 0.0510. The fourth-order valence-corrected chi connectivity index (χ4v) is 2.61. The number of amidine groups is 1. The highest BCUT2D eigenvalue weighted by Crippen LogP contribution is 2.26. The summed E-state index contributed by atoms with van der Waals surface area (Å²) >= 11 is 0. The van der Waals surface area contributed by atoms with Gasteiger partial charge >= 0.3 is 0 Å². The van der Waals surface area contributed by atoms with Crippen molar-refractivity contribution in [1.82, 2.24) is 9.88 Å². The third kappa shape index (κ3) is 3.64. The summed E-state index contributed by atoms with van der Waals surface area (Å²) in [6.07, 6.45) is 3.06. The summed E-state index contributed by atoms with van der Waals surface area (Å²) in [5.74, 6) is 0.521. The maximum Gasteiger partial charge on any atom is 0.224 e. The lowest BCUT2D eigenvalue weighted by Gasteiger charge is -2.18. The summed E-state index contributed by atoms with van der Waals surface area (Å²) < 4.78 is 5.79. The van der Waals surface area contributed by atoms with Crippen LogP contribution in [0.5, 0.6) is 5.88 Å². The highest BCUT2D eigenvalue weighted by atomic mass is 16.5. The molecule has 0 radical (unpaired) electrons. The Morgan fingerprint density at radius 2 is 2.19 bits per heavy atom. The average Bonchev–Trinajstić information content (AvgIpc) is 2.97. The summed E-state index contributed by atoms with van der Waals surface area (Å²) in [6.45, 7) is 7.60. The van der Waals surface area contributed by atoms with Crippen molar-refractivity contribution in [3.63, 3.8) is 0 Å². The summed E-state index contributed by atoms with van der Waals surface area (Å²) in [4.78, 5) is 6.83. The maximum absolute atomic E-state index is 8.92. The topological polar surface area (TPSA) is 84.0 Å². The number of likely N-dealkylation sites (N-methyl/N-ethyl adjacent to an activating group) is 1. The number of fused-ring (bicyclic) bond motifs is 1. The fraction of sp³-hybridized carbons (Fsp3) is 0.600. The van der Waals surface area contributed by atoms with Crippen molar-refractivity contribution in [2.45, 2.75) is 33.1 Å². The number of oxime groups is 1. The quantitative estimate of drug-likeness (QED) is 0.343. The second-order valence-electron chi connectivity index (χ2n) is 5.16. The van der Waals surface area contributed by atoms with E-state index in [2.05, 4.69) is 28.9 Å². The van der Waals surface area contributed by atoms with E-state index < -0.39 is 0 Å². The molecule has 1 heterocycles. The molecule has 21 heavy (non-hydrogen) atoms. The van der Waals surface area contributed by atoms with E-state index in [1.54, 1.807) is 0 Å². The Bertz CT molecular complexity index is 513.